The topological polar surface area (TPSA) is 61.2 Å². The lowest BCUT2D eigenvalue weighted by atomic mass is 10.3. The minimum atomic E-state index is -3.54. The van der Waals surface area contributed by atoms with Crippen LogP contribution >= 0.6 is 0 Å². The van der Waals surface area contributed by atoms with Gasteiger partial charge in [0.25, 0.3) is 0 Å². The van der Waals surface area contributed by atoms with Gasteiger partial charge in [-0.3, -0.25) is 4.68 Å². The van der Waals surface area contributed by atoms with E-state index >= 15 is 0 Å². The monoisotopic (exact) mass is 280 g/mol. The van der Waals surface area contributed by atoms with Crippen LogP contribution in [0.15, 0.2) is 40.3 Å². The molecule has 0 atom stereocenters. The fourth-order valence-corrected chi connectivity index (χ4v) is 3.35. The number of aryl methyl sites for hydroxylation is 2. The summed E-state index contributed by atoms with van der Waals surface area (Å²) in [5, 5.41) is 4.39. The molecule has 0 aliphatic carbocycles. The highest BCUT2D eigenvalue weighted by atomic mass is 32.2. The molecule has 1 aromatic carbocycles. The Balaban J connectivity index is 2.51. The molecule has 19 heavy (non-hydrogen) atoms. The first-order valence-corrected chi connectivity index (χ1v) is 7.41. The smallest absolute Gasteiger partial charge is 0.223 e. The third kappa shape index (κ3) is 2.49. The molecule has 2 rings (SSSR count). The van der Waals surface area contributed by atoms with E-state index < -0.39 is 9.84 Å². The minimum absolute atomic E-state index is 0.220. The fourth-order valence-electron chi connectivity index (χ4n) is 1.84. The maximum absolute atomic E-state index is 12.5. The highest BCUT2D eigenvalue weighted by Gasteiger charge is 2.22. The molecule has 5 nitrogen and oxygen atoms in total. The first-order chi connectivity index (χ1) is 8.98. The predicted octanol–water partition coefficient (Wildman–Crippen LogP) is 2.05. The second kappa shape index (κ2) is 5.05. The van der Waals surface area contributed by atoms with Crippen LogP contribution in [-0.4, -0.2) is 25.3 Å². The molecule has 0 aliphatic heterocycles. The van der Waals surface area contributed by atoms with Crippen molar-refractivity contribution in [3.05, 3.63) is 36.0 Å². The number of hydrogen-bond acceptors (Lipinski definition) is 4. The molecule has 2 aromatic rings. The summed E-state index contributed by atoms with van der Waals surface area (Å²) in [6.45, 7) is 4.15. The third-order valence-corrected chi connectivity index (χ3v) is 4.58. The van der Waals surface area contributed by atoms with Crippen LogP contribution in [0.2, 0.25) is 0 Å². The summed E-state index contributed by atoms with van der Waals surface area (Å²) in [6.07, 6.45) is 0. The van der Waals surface area contributed by atoms with Crippen LogP contribution in [0.1, 0.15) is 12.6 Å². The van der Waals surface area contributed by atoms with E-state index in [2.05, 4.69) is 5.10 Å². The molecule has 0 fully saturated rings. The lowest BCUT2D eigenvalue weighted by Crippen LogP contribution is -2.10. The van der Waals surface area contributed by atoms with Gasteiger partial charge in [0.15, 0.2) is 5.03 Å². The number of rotatable bonds is 4. The zero-order valence-electron chi connectivity index (χ0n) is 11.1. The van der Waals surface area contributed by atoms with Crippen molar-refractivity contribution < 1.29 is 13.2 Å². The second-order valence-corrected chi connectivity index (χ2v) is 6.02. The van der Waals surface area contributed by atoms with E-state index in [0.29, 0.717) is 18.0 Å². The zero-order valence-corrected chi connectivity index (χ0v) is 11.9. The first-order valence-electron chi connectivity index (χ1n) is 5.92. The van der Waals surface area contributed by atoms with Crippen LogP contribution in [-0.2, 0) is 16.4 Å². The molecule has 0 radical (unpaired) electrons. The Hall–Kier alpha value is -1.82. The van der Waals surface area contributed by atoms with Gasteiger partial charge in [0, 0.05) is 6.54 Å². The van der Waals surface area contributed by atoms with Gasteiger partial charge < -0.3 is 4.74 Å². The van der Waals surface area contributed by atoms with Crippen molar-refractivity contribution in [2.24, 2.45) is 0 Å². The molecule has 0 spiro atoms. The standard InChI is InChI=1S/C13H16N2O3S/c1-4-15-13(9-10(2)14-15)19(16,17)12-7-5-11(18-3)6-8-12/h5-9H,4H2,1-3H3. The van der Waals surface area contributed by atoms with Gasteiger partial charge in [0.2, 0.25) is 9.84 Å². The normalized spacial score (nSPS) is 11.5. The molecule has 0 saturated heterocycles. The largest absolute Gasteiger partial charge is 0.497 e. The molecular weight excluding hydrogens is 264 g/mol. The maximum Gasteiger partial charge on any atom is 0.223 e. The average molecular weight is 280 g/mol. The fraction of sp³-hybridized carbons (Fsp3) is 0.308. The van der Waals surface area contributed by atoms with Gasteiger partial charge in [0.05, 0.1) is 17.7 Å². The van der Waals surface area contributed by atoms with Crippen LogP contribution in [0.4, 0.5) is 0 Å². The van der Waals surface area contributed by atoms with Crippen molar-refractivity contribution in [3.8, 4) is 5.75 Å². The summed E-state index contributed by atoms with van der Waals surface area (Å²) in [7, 11) is -2.00. The second-order valence-electron chi connectivity index (χ2n) is 4.12. The number of aromatic nitrogens is 2. The van der Waals surface area contributed by atoms with Crippen molar-refractivity contribution in [2.45, 2.75) is 30.3 Å². The molecule has 1 aromatic heterocycles. The Morgan fingerprint density at radius 1 is 1.26 bits per heavy atom. The van der Waals surface area contributed by atoms with Crippen molar-refractivity contribution in [1.29, 1.82) is 0 Å². The number of nitrogens with zero attached hydrogens (tertiary/aromatic N) is 2. The van der Waals surface area contributed by atoms with Crippen LogP contribution in [0, 0.1) is 6.92 Å². The van der Waals surface area contributed by atoms with Crippen molar-refractivity contribution in [3.63, 3.8) is 0 Å². The molecule has 0 amide bonds. The molecule has 6 heteroatoms. The van der Waals surface area contributed by atoms with E-state index in [9.17, 15) is 8.42 Å². The Morgan fingerprint density at radius 3 is 2.42 bits per heavy atom. The summed E-state index contributed by atoms with van der Waals surface area (Å²) in [4.78, 5) is 0.239. The number of sulfone groups is 1. The number of ether oxygens (including phenoxy) is 1. The van der Waals surface area contributed by atoms with Crippen LogP contribution in [0.25, 0.3) is 0 Å². The summed E-state index contributed by atoms with van der Waals surface area (Å²) < 4.78 is 31.6. The number of methoxy groups -OCH3 is 1. The van der Waals surface area contributed by atoms with Crippen molar-refractivity contribution in [2.75, 3.05) is 7.11 Å². The van der Waals surface area contributed by atoms with Gasteiger partial charge in [-0.1, -0.05) is 0 Å². The van der Waals surface area contributed by atoms with Crippen molar-refractivity contribution in [1.82, 2.24) is 9.78 Å². The summed E-state index contributed by atoms with van der Waals surface area (Å²) in [6, 6.07) is 7.93. The number of hydrogen-bond donors (Lipinski definition) is 0. The Labute approximate surface area is 112 Å². The van der Waals surface area contributed by atoms with E-state index in [4.69, 9.17) is 4.74 Å². The molecular formula is C13H16N2O3S. The van der Waals surface area contributed by atoms with Gasteiger partial charge in [-0.05, 0) is 44.2 Å². The zero-order chi connectivity index (χ0) is 14.0. The van der Waals surface area contributed by atoms with E-state index in [1.54, 1.807) is 32.2 Å². The molecule has 102 valence electrons. The van der Waals surface area contributed by atoms with Gasteiger partial charge in [-0.2, -0.15) is 5.10 Å². The summed E-state index contributed by atoms with van der Waals surface area (Å²) >= 11 is 0. The van der Waals surface area contributed by atoms with Crippen LogP contribution < -0.4 is 4.74 Å². The van der Waals surface area contributed by atoms with Gasteiger partial charge in [-0.15, -0.1) is 0 Å². The Bertz CT molecular complexity index is 672. The van der Waals surface area contributed by atoms with E-state index in [-0.39, 0.29) is 9.92 Å². The molecule has 0 unspecified atom stereocenters. The highest BCUT2D eigenvalue weighted by Crippen LogP contribution is 2.23. The first kappa shape index (κ1) is 13.6. The quantitative estimate of drug-likeness (QED) is 0.860. The molecule has 0 saturated carbocycles. The highest BCUT2D eigenvalue weighted by molar-refractivity contribution is 7.91. The minimum Gasteiger partial charge on any atom is -0.497 e. The molecule has 0 N–H and O–H groups in total. The number of benzene rings is 1. The van der Waals surface area contributed by atoms with Gasteiger partial charge in [-0.25, -0.2) is 8.42 Å². The molecule has 1 heterocycles. The van der Waals surface area contributed by atoms with Crippen LogP contribution in [0.5, 0.6) is 5.75 Å². The Morgan fingerprint density at radius 2 is 1.89 bits per heavy atom. The predicted molar refractivity (Wildman–Crippen MR) is 71.1 cm³/mol. The van der Waals surface area contributed by atoms with Crippen LogP contribution in [0.3, 0.4) is 0 Å². The maximum atomic E-state index is 12.5. The summed E-state index contributed by atoms with van der Waals surface area (Å²) in [5.74, 6) is 0.624. The third-order valence-electron chi connectivity index (χ3n) is 2.81. The lowest BCUT2D eigenvalue weighted by Gasteiger charge is -2.07. The van der Waals surface area contributed by atoms with E-state index in [0.717, 1.165) is 0 Å². The van der Waals surface area contributed by atoms with Crippen molar-refractivity contribution >= 4 is 9.84 Å². The Kier molecular flexibility index (Phi) is 3.61. The molecule has 0 aliphatic rings. The summed E-state index contributed by atoms with van der Waals surface area (Å²) in [5.41, 5.74) is 0.689. The van der Waals surface area contributed by atoms with E-state index in [1.807, 2.05) is 6.92 Å². The van der Waals surface area contributed by atoms with E-state index in [1.165, 1.54) is 16.8 Å². The van der Waals surface area contributed by atoms with Gasteiger partial charge >= 0.3 is 0 Å². The lowest BCUT2D eigenvalue weighted by molar-refractivity contribution is 0.414. The molecule has 0 bridgehead atoms. The van der Waals surface area contributed by atoms with Gasteiger partial charge in [0.1, 0.15) is 5.75 Å². The SMILES string of the molecule is CCn1nc(C)cc1S(=O)(=O)c1ccc(OC)cc1. The average Bonchev–Trinajstić information content (AvgIpc) is 2.81.